The molecule has 0 aliphatic carbocycles. The number of aromatic hydroxyl groups is 1. The summed E-state index contributed by atoms with van der Waals surface area (Å²) in [6, 6.07) is 24.6. The molecule has 4 rings (SSSR count). The lowest BCUT2D eigenvalue weighted by molar-refractivity contribution is -0.145. The minimum atomic E-state index is -1.34. The van der Waals surface area contributed by atoms with E-state index in [9.17, 15) is 29.4 Å². The first kappa shape index (κ1) is 36.1. The van der Waals surface area contributed by atoms with Crippen LogP contribution >= 0.6 is 0 Å². The maximum Gasteiger partial charge on any atom is 0.328 e. The summed E-state index contributed by atoms with van der Waals surface area (Å²) in [7, 11) is 1.21. The smallest absolute Gasteiger partial charge is 0.328 e. The highest BCUT2D eigenvalue weighted by Gasteiger charge is 2.26. The molecule has 0 saturated heterocycles. The molecule has 256 valence electrons. The number of carboxylic acids is 1. The zero-order valence-electron chi connectivity index (χ0n) is 27.1. The van der Waals surface area contributed by atoms with Gasteiger partial charge in [0.1, 0.15) is 36.8 Å². The van der Waals surface area contributed by atoms with E-state index in [0.717, 1.165) is 11.1 Å². The summed E-state index contributed by atoms with van der Waals surface area (Å²) in [6.07, 6.45) is 0.0158. The number of hydrogen-bond donors (Lipinski definition) is 5. The molecule has 4 aromatic rings. The quantitative estimate of drug-likeness (QED) is 0.110. The van der Waals surface area contributed by atoms with Crippen LogP contribution in [0.25, 0.3) is 11.1 Å². The van der Waals surface area contributed by atoms with Gasteiger partial charge in [-0.25, -0.2) is 4.79 Å². The van der Waals surface area contributed by atoms with Gasteiger partial charge < -0.3 is 35.5 Å². The Bertz CT molecular complexity index is 1750. The van der Waals surface area contributed by atoms with Crippen molar-refractivity contribution in [1.29, 1.82) is 0 Å². The average molecular weight is 670 g/mol. The van der Waals surface area contributed by atoms with Crippen molar-refractivity contribution in [3.05, 3.63) is 119 Å². The summed E-state index contributed by atoms with van der Waals surface area (Å²) in [5.74, 6) is -2.94. The molecule has 3 atom stereocenters. The third kappa shape index (κ3) is 10.4. The molecule has 6 N–H and O–H groups in total. The SMILES string of the molecule is COC(=O)C(Cc1ccc(OCc2ccccc2)c(-c2cc(C(NCC(=O)OCc3ccccc3)C(=O)O)ccc2O)c1)NC(=O)C(C)N. The van der Waals surface area contributed by atoms with Crippen molar-refractivity contribution in [2.24, 2.45) is 5.73 Å². The summed E-state index contributed by atoms with van der Waals surface area (Å²) in [6.45, 7) is 1.33. The van der Waals surface area contributed by atoms with Gasteiger partial charge in [-0.3, -0.25) is 19.7 Å². The number of methoxy groups -OCH3 is 1. The first-order valence-corrected chi connectivity index (χ1v) is 15.5. The Balaban J connectivity index is 1.64. The summed E-state index contributed by atoms with van der Waals surface area (Å²) in [5.41, 5.74) is 8.80. The summed E-state index contributed by atoms with van der Waals surface area (Å²) in [5, 5.41) is 26.5. The number of phenols is 1. The normalized spacial score (nSPS) is 12.6. The molecule has 0 radical (unpaired) electrons. The predicted octanol–water partition coefficient (Wildman–Crippen LogP) is 3.64. The van der Waals surface area contributed by atoms with E-state index in [1.54, 1.807) is 30.3 Å². The molecule has 0 saturated carbocycles. The molecule has 0 aromatic heterocycles. The van der Waals surface area contributed by atoms with Crippen LogP contribution in [0.15, 0.2) is 97.1 Å². The van der Waals surface area contributed by atoms with Crippen molar-refractivity contribution in [2.45, 2.75) is 44.7 Å². The Morgan fingerprint density at radius 3 is 2.08 bits per heavy atom. The number of rotatable bonds is 16. The van der Waals surface area contributed by atoms with Crippen molar-refractivity contribution in [3.63, 3.8) is 0 Å². The minimum absolute atomic E-state index is 0.0158. The Labute approximate surface area is 283 Å². The molecule has 0 bridgehead atoms. The van der Waals surface area contributed by atoms with Gasteiger partial charge >= 0.3 is 17.9 Å². The first-order chi connectivity index (χ1) is 23.5. The van der Waals surface area contributed by atoms with Crippen LogP contribution in [0.5, 0.6) is 11.5 Å². The number of carboxylic acid groups (broad SMARTS) is 1. The number of nitrogens with one attached hydrogen (secondary N) is 2. The van der Waals surface area contributed by atoms with Crippen LogP contribution in [0.1, 0.15) is 35.2 Å². The number of ether oxygens (including phenoxy) is 3. The van der Waals surface area contributed by atoms with E-state index < -0.39 is 41.9 Å². The monoisotopic (exact) mass is 669 g/mol. The number of carbonyl (C=O) groups excluding carboxylic acids is 3. The molecular formula is C37H39N3O9. The highest BCUT2D eigenvalue weighted by molar-refractivity contribution is 5.87. The average Bonchev–Trinajstić information content (AvgIpc) is 3.10. The molecule has 49 heavy (non-hydrogen) atoms. The maximum atomic E-state index is 12.6. The molecular weight excluding hydrogens is 630 g/mol. The van der Waals surface area contributed by atoms with Crippen molar-refractivity contribution in [3.8, 4) is 22.6 Å². The fourth-order valence-electron chi connectivity index (χ4n) is 4.92. The second-order valence-electron chi connectivity index (χ2n) is 11.3. The zero-order chi connectivity index (χ0) is 35.3. The molecule has 4 aromatic carbocycles. The van der Waals surface area contributed by atoms with Gasteiger partial charge in [0, 0.05) is 17.5 Å². The lowest BCUT2D eigenvalue weighted by Gasteiger charge is -2.20. The molecule has 0 fully saturated rings. The van der Waals surface area contributed by atoms with Crippen molar-refractivity contribution in [2.75, 3.05) is 13.7 Å². The summed E-state index contributed by atoms with van der Waals surface area (Å²) >= 11 is 0. The number of hydrogen-bond acceptors (Lipinski definition) is 10. The Morgan fingerprint density at radius 1 is 0.816 bits per heavy atom. The zero-order valence-corrected chi connectivity index (χ0v) is 27.1. The summed E-state index contributed by atoms with van der Waals surface area (Å²) < 4.78 is 16.3. The van der Waals surface area contributed by atoms with E-state index in [0.29, 0.717) is 16.9 Å². The fraction of sp³-hybridized carbons (Fsp3) is 0.243. The van der Waals surface area contributed by atoms with Crippen LogP contribution < -0.4 is 21.1 Å². The Morgan fingerprint density at radius 2 is 1.47 bits per heavy atom. The van der Waals surface area contributed by atoms with Gasteiger partial charge in [-0.1, -0.05) is 72.8 Å². The highest BCUT2D eigenvalue weighted by Crippen LogP contribution is 2.39. The molecule has 0 heterocycles. The largest absolute Gasteiger partial charge is 0.507 e. The molecule has 3 unspecified atom stereocenters. The molecule has 0 spiro atoms. The Hall–Kier alpha value is -5.72. The van der Waals surface area contributed by atoms with Gasteiger partial charge in [-0.05, 0) is 53.4 Å². The van der Waals surface area contributed by atoms with Crippen LogP contribution in [0.2, 0.25) is 0 Å². The topological polar surface area (TPSA) is 187 Å². The maximum absolute atomic E-state index is 12.6. The lowest BCUT2D eigenvalue weighted by atomic mass is 9.94. The summed E-state index contributed by atoms with van der Waals surface area (Å²) in [4.78, 5) is 49.7. The molecule has 12 heteroatoms. The van der Waals surface area contributed by atoms with Gasteiger partial charge in [0.2, 0.25) is 5.91 Å². The highest BCUT2D eigenvalue weighted by atomic mass is 16.5. The number of aliphatic carboxylic acids is 1. The molecule has 12 nitrogen and oxygen atoms in total. The van der Waals surface area contributed by atoms with E-state index in [4.69, 9.17) is 19.9 Å². The minimum Gasteiger partial charge on any atom is -0.507 e. The van der Waals surface area contributed by atoms with Crippen LogP contribution in [-0.2, 0) is 48.3 Å². The van der Waals surface area contributed by atoms with Gasteiger partial charge in [-0.2, -0.15) is 0 Å². The van der Waals surface area contributed by atoms with E-state index in [1.807, 2.05) is 48.5 Å². The number of carbonyl (C=O) groups is 4. The number of phenolic OH excluding ortho intramolecular Hbond substituents is 1. The van der Waals surface area contributed by atoms with Gasteiger partial charge in [0.15, 0.2) is 0 Å². The number of amides is 1. The van der Waals surface area contributed by atoms with Crippen LogP contribution in [0.3, 0.4) is 0 Å². The first-order valence-electron chi connectivity index (χ1n) is 15.5. The third-order valence-electron chi connectivity index (χ3n) is 7.52. The Kier molecular flexibility index (Phi) is 12.9. The third-order valence-corrected chi connectivity index (χ3v) is 7.52. The molecule has 0 aliphatic heterocycles. The van der Waals surface area contributed by atoms with Crippen LogP contribution in [-0.4, -0.2) is 59.8 Å². The van der Waals surface area contributed by atoms with Gasteiger partial charge in [-0.15, -0.1) is 0 Å². The standard InChI is InChI=1S/C37H39N3O9/c1-23(38)35(43)40-30(37(46)47-2)18-26-13-16-32(48-21-24-9-5-3-6-10-24)29(17-26)28-19-27(14-15-31(28)41)34(36(44)45)39-20-33(42)49-22-25-11-7-4-8-12-25/h3-17,19,23,30,34,39,41H,18,20-22,38H2,1-2H3,(H,40,43)(H,44,45). The van der Waals surface area contributed by atoms with E-state index in [-0.39, 0.29) is 43.1 Å². The van der Waals surface area contributed by atoms with Crippen LogP contribution in [0.4, 0.5) is 0 Å². The predicted molar refractivity (Wildman–Crippen MR) is 180 cm³/mol. The number of benzene rings is 4. The van der Waals surface area contributed by atoms with E-state index in [2.05, 4.69) is 10.6 Å². The van der Waals surface area contributed by atoms with Crippen LogP contribution in [0, 0.1) is 0 Å². The number of nitrogens with two attached hydrogens (primary N) is 1. The van der Waals surface area contributed by atoms with Gasteiger partial charge in [0.05, 0.1) is 19.7 Å². The van der Waals surface area contributed by atoms with E-state index >= 15 is 0 Å². The van der Waals surface area contributed by atoms with E-state index in [1.165, 1.54) is 32.2 Å². The number of esters is 2. The fourth-order valence-corrected chi connectivity index (χ4v) is 4.92. The molecule has 0 aliphatic rings. The molecule has 1 amide bonds. The van der Waals surface area contributed by atoms with Crippen molar-refractivity contribution < 1.29 is 43.6 Å². The second-order valence-corrected chi connectivity index (χ2v) is 11.3. The van der Waals surface area contributed by atoms with Crippen molar-refractivity contribution >= 4 is 23.8 Å². The van der Waals surface area contributed by atoms with Gasteiger partial charge in [0.25, 0.3) is 0 Å². The van der Waals surface area contributed by atoms with Crippen molar-refractivity contribution in [1.82, 2.24) is 10.6 Å². The lowest BCUT2D eigenvalue weighted by Crippen LogP contribution is -2.48. The second kappa shape index (κ2) is 17.4.